The first-order valence-corrected chi connectivity index (χ1v) is 11.1. The largest absolute Gasteiger partial charge is 0.371 e. The van der Waals surface area contributed by atoms with Crippen molar-refractivity contribution in [1.29, 1.82) is 0 Å². The van der Waals surface area contributed by atoms with Gasteiger partial charge in [0, 0.05) is 0 Å². The van der Waals surface area contributed by atoms with E-state index in [1.807, 2.05) is 5.57 Å². The number of allylic oxidation sites excluding steroid dienone is 1. The number of hydrogen-bond donors (Lipinski definition) is 0. The third kappa shape index (κ3) is 1.58. The molecule has 0 aromatic carbocycles. The molecule has 9 rings (SSSR count). The van der Waals surface area contributed by atoms with E-state index in [9.17, 15) is 0 Å². The maximum Gasteiger partial charge on any atom is 0.0763 e. The van der Waals surface area contributed by atoms with Crippen molar-refractivity contribution in [3.8, 4) is 0 Å². The molecule has 0 saturated heterocycles. The van der Waals surface area contributed by atoms with Crippen LogP contribution in [0, 0.1) is 53.3 Å². The minimum Gasteiger partial charge on any atom is -0.371 e. The third-order valence-electron chi connectivity index (χ3n) is 10.1. The molecule has 0 N–H and O–H groups in total. The standard InChI is InChI=1S/C23H32O/c1-11(18-6-12-4-15-8-16(5-12)21(15)18)24-20-10-17-9-19(20)23-14-3-2-13(7-14)22(17)23/h11-17,19-20,22-23H,2-10H2,1H3. The van der Waals surface area contributed by atoms with E-state index in [0.717, 1.165) is 53.3 Å². The van der Waals surface area contributed by atoms with Gasteiger partial charge in [-0.3, -0.25) is 0 Å². The highest BCUT2D eigenvalue weighted by atomic mass is 16.5. The highest BCUT2D eigenvalue weighted by molar-refractivity contribution is 5.36. The lowest BCUT2D eigenvalue weighted by Crippen LogP contribution is -2.45. The predicted molar refractivity (Wildman–Crippen MR) is 94.3 cm³/mol. The summed E-state index contributed by atoms with van der Waals surface area (Å²) in [4.78, 5) is 0. The molecule has 7 fully saturated rings. The smallest absolute Gasteiger partial charge is 0.0763 e. The Morgan fingerprint density at radius 3 is 2.42 bits per heavy atom. The molecular weight excluding hydrogens is 292 g/mol. The summed E-state index contributed by atoms with van der Waals surface area (Å²) in [6, 6.07) is 0. The highest BCUT2D eigenvalue weighted by Crippen LogP contribution is 2.68. The van der Waals surface area contributed by atoms with Crippen LogP contribution in [0.2, 0.25) is 0 Å². The van der Waals surface area contributed by atoms with Crippen LogP contribution in [-0.2, 0) is 4.74 Å². The normalized spacial score (nSPS) is 59.9. The van der Waals surface area contributed by atoms with E-state index < -0.39 is 0 Å². The lowest BCUT2D eigenvalue weighted by atomic mass is 9.51. The van der Waals surface area contributed by atoms with Gasteiger partial charge < -0.3 is 4.74 Å². The van der Waals surface area contributed by atoms with Gasteiger partial charge in [0.15, 0.2) is 0 Å². The van der Waals surface area contributed by atoms with Crippen molar-refractivity contribution >= 4 is 0 Å². The van der Waals surface area contributed by atoms with Gasteiger partial charge in [0.25, 0.3) is 0 Å². The zero-order valence-electron chi connectivity index (χ0n) is 15.1. The fourth-order valence-corrected chi connectivity index (χ4v) is 9.64. The van der Waals surface area contributed by atoms with Crippen LogP contribution in [0.1, 0.15) is 64.7 Å². The number of fused-ring (bicyclic) bond motifs is 10. The van der Waals surface area contributed by atoms with E-state index >= 15 is 0 Å². The van der Waals surface area contributed by atoms with Gasteiger partial charge in [0.05, 0.1) is 12.2 Å². The van der Waals surface area contributed by atoms with Gasteiger partial charge in [-0.1, -0.05) is 5.57 Å². The fourth-order valence-electron chi connectivity index (χ4n) is 9.64. The molecule has 130 valence electrons. The minimum atomic E-state index is 0.440. The summed E-state index contributed by atoms with van der Waals surface area (Å²) in [5.74, 6) is 9.40. The average molecular weight is 325 g/mol. The van der Waals surface area contributed by atoms with Crippen LogP contribution in [0.4, 0.5) is 0 Å². The van der Waals surface area contributed by atoms with Crippen molar-refractivity contribution < 1.29 is 4.74 Å². The molecule has 0 radical (unpaired) electrons. The van der Waals surface area contributed by atoms with E-state index in [4.69, 9.17) is 4.74 Å². The van der Waals surface area contributed by atoms with Crippen LogP contribution in [0.3, 0.4) is 0 Å². The predicted octanol–water partition coefficient (Wildman–Crippen LogP) is 5.21. The van der Waals surface area contributed by atoms with Crippen molar-refractivity contribution in [2.75, 3.05) is 0 Å². The molecule has 0 heterocycles. The molecule has 7 saturated carbocycles. The van der Waals surface area contributed by atoms with Gasteiger partial charge >= 0.3 is 0 Å². The molecule has 0 amide bonds. The molecule has 0 aromatic heterocycles. The van der Waals surface area contributed by atoms with Gasteiger partial charge in [-0.15, -0.1) is 0 Å². The van der Waals surface area contributed by atoms with E-state index in [1.165, 1.54) is 38.5 Å². The molecule has 0 spiro atoms. The first-order valence-electron chi connectivity index (χ1n) is 11.1. The van der Waals surface area contributed by atoms with E-state index in [1.54, 1.807) is 24.8 Å². The molecule has 8 bridgehead atoms. The number of rotatable bonds is 3. The molecule has 0 aromatic rings. The molecule has 1 heteroatoms. The van der Waals surface area contributed by atoms with Gasteiger partial charge in [-0.2, -0.15) is 0 Å². The maximum absolute atomic E-state index is 6.86. The summed E-state index contributed by atoms with van der Waals surface area (Å²) in [6.45, 7) is 2.41. The van der Waals surface area contributed by atoms with Crippen LogP contribution in [0.15, 0.2) is 11.1 Å². The summed E-state index contributed by atoms with van der Waals surface area (Å²) in [5, 5.41) is 0. The Kier molecular flexibility index (Phi) is 2.60. The Balaban J connectivity index is 1.12. The van der Waals surface area contributed by atoms with Gasteiger partial charge in [0.1, 0.15) is 0 Å². The molecule has 0 aliphatic heterocycles. The molecule has 1 nitrogen and oxygen atoms in total. The Hall–Kier alpha value is -0.300. The van der Waals surface area contributed by atoms with Crippen molar-refractivity contribution in [3.63, 3.8) is 0 Å². The summed E-state index contributed by atoms with van der Waals surface area (Å²) in [5.41, 5.74) is 3.68. The third-order valence-corrected chi connectivity index (χ3v) is 10.1. The van der Waals surface area contributed by atoms with Crippen molar-refractivity contribution in [3.05, 3.63) is 11.1 Å². The Labute approximate surface area is 146 Å². The van der Waals surface area contributed by atoms with Gasteiger partial charge in [-0.25, -0.2) is 0 Å². The number of ether oxygens (including phenoxy) is 1. The first kappa shape index (κ1) is 13.8. The molecule has 9 aliphatic rings. The minimum absolute atomic E-state index is 0.440. The van der Waals surface area contributed by atoms with E-state index in [-0.39, 0.29) is 0 Å². The highest BCUT2D eigenvalue weighted by Gasteiger charge is 2.62. The average Bonchev–Trinajstić information content (AvgIpc) is 3.33. The van der Waals surface area contributed by atoms with Gasteiger partial charge in [0.2, 0.25) is 0 Å². The van der Waals surface area contributed by atoms with Crippen LogP contribution in [-0.4, -0.2) is 12.2 Å². The van der Waals surface area contributed by atoms with Crippen molar-refractivity contribution in [2.24, 2.45) is 53.3 Å². The van der Waals surface area contributed by atoms with E-state index in [2.05, 4.69) is 6.92 Å². The van der Waals surface area contributed by atoms with E-state index in [0.29, 0.717) is 12.2 Å². The second kappa shape index (κ2) is 4.51. The lowest BCUT2D eigenvalue weighted by Gasteiger charge is -2.55. The molecule has 10 atom stereocenters. The van der Waals surface area contributed by atoms with Crippen LogP contribution in [0.5, 0.6) is 0 Å². The second-order valence-electron chi connectivity index (χ2n) is 10.9. The van der Waals surface area contributed by atoms with Crippen molar-refractivity contribution in [2.45, 2.75) is 76.9 Å². The zero-order valence-corrected chi connectivity index (χ0v) is 15.1. The maximum atomic E-state index is 6.86. The van der Waals surface area contributed by atoms with Crippen molar-refractivity contribution in [1.82, 2.24) is 0 Å². The molecule has 24 heavy (non-hydrogen) atoms. The summed E-state index contributed by atoms with van der Waals surface area (Å²) >= 11 is 0. The quantitative estimate of drug-likeness (QED) is 0.511. The fraction of sp³-hybridized carbons (Fsp3) is 0.913. The van der Waals surface area contributed by atoms with Crippen LogP contribution >= 0.6 is 0 Å². The zero-order chi connectivity index (χ0) is 15.6. The molecule has 10 unspecified atom stereocenters. The van der Waals surface area contributed by atoms with Gasteiger partial charge in [-0.05, 0) is 124 Å². The first-order chi connectivity index (χ1) is 11.8. The Morgan fingerprint density at radius 2 is 1.62 bits per heavy atom. The number of hydrogen-bond acceptors (Lipinski definition) is 1. The summed E-state index contributed by atoms with van der Waals surface area (Å²) < 4.78 is 6.86. The van der Waals surface area contributed by atoms with Crippen LogP contribution < -0.4 is 0 Å². The topological polar surface area (TPSA) is 9.23 Å². The van der Waals surface area contributed by atoms with Crippen LogP contribution in [0.25, 0.3) is 0 Å². The summed E-state index contributed by atoms with van der Waals surface area (Å²) in [6.07, 6.45) is 14.7. The Bertz CT molecular complexity index is 606. The Morgan fingerprint density at radius 1 is 0.833 bits per heavy atom. The second-order valence-corrected chi connectivity index (χ2v) is 10.9. The monoisotopic (exact) mass is 324 g/mol. The molecular formula is C23H32O. The molecule has 9 aliphatic carbocycles. The lowest BCUT2D eigenvalue weighted by molar-refractivity contribution is -0.0565. The summed E-state index contributed by atoms with van der Waals surface area (Å²) in [7, 11) is 0. The SMILES string of the molecule is CC(OC1CC2CC1C1C3CCC(C3)C21)C1=C2C3CC(C1)CC2C3.